The fraction of sp³-hybridized carbons (Fsp3) is 0.500. The summed E-state index contributed by atoms with van der Waals surface area (Å²) in [6.07, 6.45) is 0. The third kappa shape index (κ3) is 3.33. The van der Waals surface area contributed by atoms with E-state index in [1.165, 1.54) is 6.07 Å². The summed E-state index contributed by atoms with van der Waals surface area (Å²) in [5.74, 6) is -0.257. The molecule has 1 aliphatic rings. The van der Waals surface area contributed by atoms with Crippen molar-refractivity contribution in [3.8, 4) is 6.07 Å². The van der Waals surface area contributed by atoms with Crippen LogP contribution in [0.15, 0.2) is 18.2 Å². The molecule has 0 radical (unpaired) electrons. The number of nitriles is 1. The van der Waals surface area contributed by atoms with Crippen LogP contribution in [0.2, 0.25) is 0 Å². The van der Waals surface area contributed by atoms with Gasteiger partial charge in [0, 0.05) is 31.6 Å². The van der Waals surface area contributed by atoms with Crippen molar-refractivity contribution >= 4 is 11.6 Å². The lowest BCUT2D eigenvalue weighted by Crippen LogP contribution is -2.51. The average Bonchev–Trinajstić information content (AvgIpc) is 2.45. The molecule has 112 valence electrons. The molecule has 1 fully saturated rings. The molecule has 0 bridgehead atoms. The summed E-state index contributed by atoms with van der Waals surface area (Å²) in [6.45, 7) is 8.10. The van der Waals surface area contributed by atoms with Gasteiger partial charge in [0.15, 0.2) is 0 Å². The third-order valence-electron chi connectivity index (χ3n) is 3.63. The lowest BCUT2D eigenvalue weighted by molar-refractivity contribution is -0.139. The highest BCUT2D eigenvalue weighted by atomic mass is 19.1. The molecular formula is C16H20FN3O. The Balaban J connectivity index is 2.05. The molecule has 0 N–H and O–H groups in total. The van der Waals surface area contributed by atoms with Crippen LogP contribution >= 0.6 is 0 Å². The highest BCUT2D eigenvalue weighted by Gasteiger charge is 2.30. The van der Waals surface area contributed by atoms with Gasteiger partial charge in [0.25, 0.3) is 0 Å². The second kappa shape index (κ2) is 5.72. The van der Waals surface area contributed by atoms with E-state index in [1.807, 2.05) is 36.6 Å². The summed E-state index contributed by atoms with van der Waals surface area (Å²) < 4.78 is 14.0. The van der Waals surface area contributed by atoms with E-state index in [0.29, 0.717) is 37.4 Å². The summed E-state index contributed by atoms with van der Waals surface area (Å²) in [6, 6.07) is 6.43. The molecule has 4 nitrogen and oxygen atoms in total. The highest BCUT2D eigenvalue weighted by Crippen LogP contribution is 2.24. The average molecular weight is 289 g/mol. The van der Waals surface area contributed by atoms with E-state index in [4.69, 9.17) is 5.26 Å². The maximum atomic E-state index is 14.0. The van der Waals surface area contributed by atoms with E-state index in [-0.39, 0.29) is 17.1 Å². The maximum absolute atomic E-state index is 14.0. The summed E-state index contributed by atoms with van der Waals surface area (Å²) in [4.78, 5) is 16.0. The predicted octanol–water partition coefficient (Wildman–Crippen LogP) is 2.39. The largest absolute Gasteiger partial charge is 0.366 e. The molecule has 1 amide bonds. The molecule has 0 spiro atoms. The molecule has 21 heavy (non-hydrogen) atoms. The van der Waals surface area contributed by atoms with E-state index in [0.717, 1.165) is 0 Å². The lowest BCUT2D eigenvalue weighted by atomic mass is 9.94. The number of hydrogen-bond donors (Lipinski definition) is 0. The molecular weight excluding hydrogens is 269 g/mol. The Morgan fingerprint density at radius 2 is 1.86 bits per heavy atom. The minimum absolute atomic E-state index is 0.127. The zero-order valence-electron chi connectivity index (χ0n) is 12.7. The molecule has 2 rings (SSSR count). The molecule has 1 heterocycles. The van der Waals surface area contributed by atoms with E-state index in [2.05, 4.69) is 0 Å². The first-order valence-corrected chi connectivity index (χ1v) is 7.07. The van der Waals surface area contributed by atoms with Gasteiger partial charge in [-0.15, -0.1) is 0 Å². The molecule has 1 aromatic rings. The highest BCUT2D eigenvalue weighted by molar-refractivity contribution is 5.81. The topological polar surface area (TPSA) is 47.3 Å². The van der Waals surface area contributed by atoms with Gasteiger partial charge in [0.1, 0.15) is 5.82 Å². The van der Waals surface area contributed by atoms with Gasteiger partial charge in [-0.3, -0.25) is 4.79 Å². The summed E-state index contributed by atoms with van der Waals surface area (Å²) in [5, 5.41) is 8.76. The summed E-state index contributed by atoms with van der Waals surface area (Å²) in [5.41, 5.74) is 0.427. The number of hydrogen-bond acceptors (Lipinski definition) is 3. The van der Waals surface area contributed by atoms with Crippen molar-refractivity contribution in [2.45, 2.75) is 20.8 Å². The maximum Gasteiger partial charge on any atom is 0.228 e. The molecule has 0 atom stereocenters. The number of amides is 1. The Bertz CT molecular complexity index is 578. The lowest BCUT2D eigenvalue weighted by Gasteiger charge is -2.38. The van der Waals surface area contributed by atoms with Crippen LogP contribution in [0, 0.1) is 22.6 Å². The van der Waals surface area contributed by atoms with Crippen molar-refractivity contribution in [1.29, 1.82) is 5.26 Å². The van der Waals surface area contributed by atoms with E-state index in [9.17, 15) is 9.18 Å². The number of carbonyl (C=O) groups is 1. The third-order valence-corrected chi connectivity index (χ3v) is 3.63. The molecule has 0 unspecified atom stereocenters. The second-order valence-electron chi connectivity index (χ2n) is 6.31. The van der Waals surface area contributed by atoms with Crippen LogP contribution in [0.1, 0.15) is 26.3 Å². The Kier molecular flexibility index (Phi) is 4.17. The van der Waals surface area contributed by atoms with Crippen LogP contribution in [0.4, 0.5) is 10.1 Å². The molecule has 0 saturated carbocycles. The Labute approximate surface area is 124 Å². The van der Waals surface area contributed by atoms with Crippen molar-refractivity contribution in [1.82, 2.24) is 4.90 Å². The van der Waals surface area contributed by atoms with Crippen LogP contribution in [-0.2, 0) is 4.79 Å². The van der Waals surface area contributed by atoms with Crippen LogP contribution in [0.25, 0.3) is 0 Å². The minimum Gasteiger partial charge on any atom is -0.366 e. The van der Waals surface area contributed by atoms with E-state index < -0.39 is 0 Å². The summed E-state index contributed by atoms with van der Waals surface area (Å²) >= 11 is 0. The SMILES string of the molecule is CC(C)(C)C(=O)N1CCN(c2ccc(C#N)cc2F)CC1. The standard InChI is InChI=1S/C16H20FN3O/c1-16(2,3)15(21)20-8-6-19(7-9-20)14-5-4-12(11-18)10-13(14)17/h4-5,10H,6-9H2,1-3H3. The predicted molar refractivity (Wildman–Crippen MR) is 79.4 cm³/mol. The normalized spacial score (nSPS) is 15.8. The number of carbonyl (C=O) groups excluding carboxylic acids is 1. The van der Waals surface area contributed by atoms with Crippen molar-refractivity contribution in [3.63, 3.8) is 0 Å². The van der Waals surface area contributed by atoms with Crippen LogP contribution in [0.5, 0.6) is 0 Å². The molecule has 0 aromatic heterocycles. The number of benzene rings is 1. The van der Waals surface area contributed by atoms with Crippen LogP contribution < -0.4 is 4.90 Å². The van der Waals surface area contributed by atoms with Crippen molar-refractivity contribution in [2.75, 3.05) is 31.1 Å². The first kappa shape index (κ1) is 15.3. The Morgan fingerprint density at radius 3 is 2.33 bits per heavy atom. The Morgan fingerprint density at radius 1 is 1.24 bits per heavy atom. The second-order valence-corrected chi connectivity index (χ2v) is 6.31. The van der Waals surface area contributed by atoms with Gasteiger partial charge in [-0.25, -0.2) is 4.39 Å². The zero-order chi connectivity index (χ0) is 15.6. The monoisotopic (exact) mass is 289 g/mol. The smallest absolute Gasteiger partial charge is 0.228 e. The van der Waals surface area contributed by atoms with Gasteiger partial charge in [0.05, 0.1) is 17.3 Å². The zero-order valence-corrected chi connectivity index (χ0v) is 12.7. The van der Waals surface area contributed by atoms with Gasteiger partial charge < -0.3 is 9.80 Å². The fourth-order valence-corrected chi connectivity index (χ4v) is 2.46. The number of nitrogens with zero attached hydrogens (tertiary/aromatic N) is 3. The van der Waals surface area contributed by atoms with Gasteiger partial charge in [0.2, 0.25) is 5.91 Å². The van der Waals surface area contributed by atoms with Crippen molar-refractivity contribution in [3.05, 3.63) is 29.6 Å². The van der Waals surface area contributed by atoms with E-state index in [1.54, 1.807) is 12.1 Å². The molecule has 1 aliphatic heterocycles. The Hall–Kier alpha value is -2.09. The molecule has 0 aliphatic carbocycles. The van der Waals surface area contributed by atoms with Crippen LogP contribution in [-0.4, -0.2) is 37.0 Å². The fourth-order valence-electron chi connectivity index (χ4n) is 2.46. The van der Waals surface area contributed by atoms with Gasteiger partial charge in [-0.05, 0) is 18.2 Å². The first-order valence-electron chi connectivity index (χ1n) is 7.07. The van der Waals surface area contributed by atoms with Gasteiger partial charge in [-0.2, -0.15) is 5.26 Å². The van der Waals surface area contributed by atoms with Crippen LogP contribution in [0.3, 0.4) is 0 Å². The van der Waals surface area contributed by atoms with Crippen molar-refractivity contribution < 1.29 is 9.18 Å². The summed E-state index contributed by atoms with van der Waals surface area (Å²) in [7, 11) is 0. The number of anilines is 1. The molecule has 1 aromatic carbocycles. The molecule has 5 heteroatoms. The van der Waals surface area contributed by atoms with Crippen molar-refractivity contribution in [2.24, 2.45) is 5.41 Å². The number of halogens is 1. The van der Waals surface area contributed by atoms with E-state index >= 15 is 0 Å². The number of rotatable bonds is 1. The quantitative estimate of drug-likeness (QED) is 0.797. The number of piperazine rings is 1. The van der Waals surface area contributed by atoms with Gasteiger partial charge >= 0.3 is 0 Å². The molecule has 1 saturated heterocycles. The minimum atomic E-state index is -0.387. The van der Waals surface area contributed by atoms with Gasteiger partial charge in [-0.1, -0.05) is 20.8 Å². The first-order chi connectivity index (χ1) is 9.82.